The Labute approximate surface area is 120 Å². The van der Waals surface area contributed by atoms with Crippen molar-refractivity contribution in [2.45, 2.75) is 19.0 Å². The van der Waals surface area contributed by atoms with Gasteiger partial charge >= 0.3 is 36.5 Å². The van der Waals surface area contributed by atoms with Gasteiger partial charge in [0.05, 0.1) is 14.2 Å². The minimum absolute atomic E-state index is 0.867. The first-order valence-corrected chi connectivity index (χ1v) is 5.49. The summed E-state index contributed by atoms with van der Waals surface area (Å²) in [5, 5.41) is 0. The highest BCUT2D eigenvalue weighted by atomic mass is 16.7. The fourth-order valence-corrected chi connectivity index (χ4v) is 1.02. The number of hydrogen-bond acceptors (Lipinski definition) is 10. The fraction of sp³-hybridized carbons (Fsp3) is 0.636. The molecular formula is C11H16O10. The van der Waals surface area contributed by atoms with Crippen molar-refractivity contribution in [1.82, 2.24) is 0 Å². The quantitative estimate of drug-likeness (QED) is 0.232. The van der Waals surface area contributed by atoms with Gasteiger partial charge in [-0.2, -0.15) is 0 Å². The van der Waals surface area contributed by atoms with Crippen molar-refractivity contribution in [2.24, 2.45) is 0 Å². The molecule has 0 aliphatic heterocycles. The van der Waals surface area contributed by atoms with Crippen LogP contribution in [0.25, 0.3) is 0 Å². The summed E-state index contributed by atoms with van der Waals surface area (Å²) in [6.45, 7) is 0. The Hall–Kier alpha value is -2.20. The van der Waals surface area contributed by atoms with Gasteiger partial charge in [-0.05, 0) is 0 Å². The van der Waals surface area contributed by atoms with Crippen molar-refractivity contribution in [3.8, 4) is 0 Å². The maximum Gasteiger partial charge on any atom is 0.376 e. The Balaban J connectivity index is 4.41. The number of carbonyl (C=O) groups excluding carboxylic acids is 4. The van der Waals surface area contributed by atoms with Gasteiger partial charge < -0.3 is 28.4 Å². The molecule has 0 aliphatic rings. The topological polar surface area (TPSA) is 124 Å². The van der Waals surface area contributed by atoms with E-state index in [1.807, 2.05) is 0 Å². The predicted molar refractivity (Wildman–Crippen MR) is 62.4 cm³/mol. The van der Waals surface area contributed by atoms with Crippen molar-refractivity contribution in [3.63, 3.8) is 0 Å². The lowest BCUT2D eigenvalue weighted by molar-refractivity contribution is -0.201. The van der Waals surface area contributed by atoms with Gasteiger partial charge in [-0.15, -0.1) is 0 Å². The van der Waals surface area contributed by atoms with Crippen molar-refractivity contribution >= 4 is 23.9 Å². The van der Waals surface area contributed by atoms with E-state index in [2.05, 4.69) is 28.4 Å². The summed E-state index contributed by atoms with van der Waals surface area (Å²) < 4.78 is 26.7. The van der Waals surface area contributed by atoms with Crippen LogP contribution in [0.1, 0.15) is 6.42 Å². The maximum absolute atomic E-state index is 11.4. The molecule has 0 aromatic carbocycles. The van der Waals surface area contributed by atoms with Crippen LogP contribution in [0.3, 0.4) is 0 Å². The lowest BCUT2D eigenvalue weighted by Crippen LogP contribution is -2.33. The van der Waals surface area contributed by atoms with Crippen molar-refractivity contribution in [2.75, 3.05) is 28.4 Å². The number of carbonyl (C=O) groups is 4. The standard InChI is InChI=1S/C11H16O10/c1-16-8(14)10(18-3)20-6(12)5-7(13)21-11(19-4)9(15)17-2/h10-11H,5H2,1-4H3. The van der Waals surface area contributed by atoms with Crippen molar-refractivity contribution in [1.29, 1.82) is 0 Å². The second-order valence-electron chi connectivity index (χ2n) is 3.34. The maximum atomic E-state index is 11.4. The molecule has 0 spiro atoms. The molecule has 0 rings (SSSR count). The van der Waals surface area contributed by atoms with Gasteiger partial charge in [0.25, 0.3) is 0 Å². The van der Waals surface area contributed by atoms with E-state index in [9.17, 15) is 19.2 Å². The van der Waals surface area contributed by atoms with Gasteiger partial charge in [-0.1, -0.05) is 0 Å². The van der Waals surface area contributed by atoms with Crippen LogP contribution < -0.4 is 0 Å². The van der Waals surface area contributed by atoms with Gasteiger partial charge in [-0.3, -0.25) is 9.59 Å². The summed E-state index contributed by atoms with van der Waals surface area (Å²) in [6, 6.07) is 0. The van der Waals surface area contributed by atoms with Gasteiger partial charge in [0.2, 0.25) is 0 Å². The third-order valence-electron chi connectivity index (χ3n) is 1.98. The predicted octanol–water partition coefficient (Wildman–Crippen LogP) is -1.25. The molecule has 10 heteroatoms. The number of ether oxygens (including phenoxy) is 6. The van der Waals surface area contributed by atoms with Crippen LogP contribution in [0.4, 0.5) is 0 Å². The van der Waals surface area contributed by atoms with Gasteiger partial charge in [0.15, 0.2) is 0 Å². The molecule has 0 fully saturated rings. The highest BCUT2D eigenvalue weighted by molar-refractivity contribution is 5.93. The van der Waals surface area contributed by atoms with E-state index in [1.54, 1.807) is 0 Å². The number of esters is 4. The first-order valence-electron chi connectivity index (χ1n) is 5.49. The lowest BCUT2D eigenvalue weighted by atomic mass is 10.4. The smallest absolute Gasteiger partial charge is 0.376 e. The third kappa shape index (κ3) is 6.68. The number of hydrogen-bond donors (Lipinski definition) is 0. The Morgan fingerprint density at radius 3 is 1.29 bits per heavy atom. The second kappa shape index (κ2) is 9.66. The largest absolute Gasteiger partial charge is 0.464 e. The molecule has 120 valence electrons. The molecule has 0 heterocycles. The second-order valence-corrected chi connectivity index (χ2v) is 3.34. The van der Waals surface area contributed by atoms with E-state index in [4.69, 9.17) is 0 Å². The molecule has 0 aromatic rings. The Morgan fingerprint density at radius 2 is 1.05 bits per heavy atom. The van der Waals surface area contributed by atoms with Crippen LogP contribution in [-0.2, 0) is 47.6 Å². The molecule has 0 saturated heterocycles. The van der Waals surface area contributed by atoms with Crippen LogP contribution in [-0.4, -0.2) is 64.9 Å². The van der Waals surface area contributed by atoms with Crippen molar-refractivity contribution in [3.05, 3.63) is 0 Å². The minimum atomic E-state index is -1.60. The monoisotopic (exact) mass is 308 g/mol. The SMILES string of the molecule is COC(=O)C(OC)OC(=O)CC(=O)OC(OC)C(=O)OC. The van der Waals surface area contributed by atoms with E-state index in [1.165, 1.54) is 0 Å². The van der Waals surface area contributed by atoms with Crippen molar-refractivity contribution < 1.29 is 47.6 Å². The first kappa shape index (κ1) is 18.8. The summed E-state index contributed by atoms with van der Waals surface area (Å²) in [4.78, 5) is 45.0. The molecule has 0 aromatic heterocycles. The number of rotatable bonds is 8. The molecule has 0 saturated carbocycles. The Bertz CT molecular complexity index is 354. The van der Waals surface area contributed by atoms with E-state index in [0.717, 1.165) is 28.4 Å². The molecular weight excluding hydrogens is 292 g/mol. The minimum Gasteiger partial charge on any atom is -0.464 e. The van der Waals surface area contributed by atoms with E-state index < -0.39 is 42.9 Å². The Kier molecular flexibility index (Phi) is 8.65. The Morgan fingerprint density at radius 1 is 0.714 bits per heavy atom. The van der Waals surface area contributed by atoms with Gasteiger partial charge in [-0.25, -0.2) is 9.59 Å². The van der Waals surface area contributed by atoms with E-state index in [-0.39, 0.29) is 0 Å². The van der Waals surface area contributed by atoms with Crippen LogP contribution in [0.2, 0.25) is 0 Å². The number of methoxy groups -OCH3 is 4. The summed E-state index contributed by atoms with van der Waals surface area (Å²) in [5.41, 5.74) is 0. The molecule has 0 N–H and O–H groups in total. The zero-order valence-corrected chi connectivity index (χ0v) is 11.9. The summed E-state index contributed by atoms with van der Waals surface area (Å²) in [7, 11) is 4.34. The zero-order valence-electron chi connectivity index (χ0n) is 11.9. The third-order valence-corrected chi connectivity index (χ3v) is 1.98. The first-order chi connectivity index (χ1) is 9.89. The average Bonchev–Trinajstić information content (AvgIpc) is 2.48. The highest BCUT2D eigenvalue weighted by Crippen LogP contribution is 2.03. The fourth-order valence-electron chi connectivity index (χ4n) is 1.02. The van der Waals surface area contributed by atoms with Crippen LogP contribution >= 0.6 is 0 Å². The van der Waals surface area contributed by atoms with Crippen LogP contribution in [0.15, 0.2) is 0 Å². The summed E-state index contributed by atoms with van der Waals surface area (Å²) in [6.07, 6.45) is -4.07. The van der Waals surface area contributed by atoms with Crippen LogP contribution in [0.5, 0.6) is 0 Å². The van der Waals surface area contributed by atoms with Gasteiger partial charge in [0.1, 0.15) is 6.42 Å². The van der Waals surface area contributed by atoms with Gasteiger partial charge in [0, 0.05) is 14.2 Å². The molecule has 0 radical (unpaired) electrons. The summed E-state index contributed by atoms with van der Waals surface area (Å²) in [5.74, 6) is -4.14. The average molecular weight is 308 g/mol. The normalized spacial score (nSPS) is 12.8. The lowest BCUT2D eigenvalue weighted by Gasteiger charge is -2.15. The van der Waals surface area contributed by atoms with E-state index >= 15 is 0 Å². The molecule has 2 atom stereocenters. The van der Waals surface area contributed by atoms with E-state index in [0.29, 0.717) is 0 Å². The molecule has 0 aliphatic carbocycles. The molecule has 2 unspecified atom stereocenters. The molecule has 10 nitrogen and oxygen atoms in total. The molecule has 21 heavy (non-hydrogen) atoms. The highest BCUT2D eigenvalue weighted by Gasteiger charge is 2.28. The molecule has 0 bridgehead atoms. The molecule has 0 amide bonds. The summed E-state index contributed by atoms with van der Waals surface area (Å²) >= 11 is 0. The zero-order chi connectivity index (χ0) is 16.4. The van der Waals surface area contributed by atoms with Crippen LogP contribution in [0, 0.1) is 0 Å².